The third kappa shape index (κ3) is 1.85. The largest absolute Gasteiger partial charge is 0.264 e. The van der Waals surface area contributed by atoms with Gasteiger partial charge in [0.15, 0.2) is 0 Å². The van der Waals surface area contributed by atoms with E-state index in [1.165, 1.54) is 0 Å². The van der Waals surface area contributed by atoms with Crippen LogP contribution in [0.25, 0.3) is 0 Å². The van der Waals surface area contributed by atoms with Gasteiger partial charge in [0.2, 0.25) is 0 Å². The number of rotatable bonds is 2. The third-order valence-electron chi connectivity index (χ3n) is 2.16. The quantitative estimate of drug-likeness (QED) is 0.663. The molecule has 0 aliphatic carbocycles. The highest BCUT2D eigenvalue weighted by molar-refractivity contribution is 5.40. The maximum atomic E-state index is 12.5. The van der Waals surface area contributed by atoms with E-state index in [-0.39, 0.29) is 11.1 Å². The second kappa shape index (κ2) is 3.81. The second-order valence-electron chi connectivity index (χ2n) is 3.03. The molecule has 3 heteroatoms. The SMILES string of the molecule is Cc1ccc(C)c(C(F)F)c1CF. The van der Waals surface area contributed by atoms with Crippen LogP contribution in [0.15, 0.2) is 12.1 Å². The first-order valence-corrected chi connectivity index (χ1v) is 4.01. The van der Waals surface area contributed by atoms with E-state index in [9.17, 15) is 13.2 Å². The Kier molecular flexibility index (Phi) is 2.96. The highest BCUT2D eigenvalue weighted by atomic mass is 19.3. The molecule has 0 radical (unpaired) electrons. The summed E-state index contributed by atoms with van der Waals surface area (Å²) in [5, 5.41) is 0. The van der Waals surface area contributed by atoms with E-state index < -0.39 is 13.1 Å². The molecule has 1 aromatic rings. The topological polar surface area (TPSA) is 0 Å². The highest BCUT2D eigenvalue weighted by Gasteiger charge is 2.16. The van der Waals surface area contributed by atoms with Crippen molar-refractivity contribution in [2.75, 3.05) is 0 Å². The van der Waals surface area contributed by atoms with Crippen LogP contribution in [0.3, 0.4) is 0 Å². The molecule has 0 heterocycles. The van der Waals surface area contributed by atoms with E-state index in [4.69, 9.17) is 0 Å². The first-order valence-electron chi connectivity index (χ1n) is 4.01. The van der Waals surface area contributed by atoms with Gasteiger partial charge >= 0.3 is 0 Å². The average Bonchev–Trinajstić information content (AvgIpc) is 2.07. The Morgan fingerprint density at radius 1 is 1.15 bits per heavy atom. The minimum atomic E-state index is -2.59. The predicted octanol–water partition coefficient (Wildman–Crippen LogP) is 3.71. The van der Waals surface area contributed by atoms with Crippen LogP contribution in [-0.4, -0.2) is 0 Å². The molecular formula is C10H11F3. The molecule has 0 aliphatic heterocycles. The van der Waals surface area contributed by atoms with E-state index in [0.717, 1.165) is 0 Å². The van der Waals surface area contributed by atoms with Crippen LogP contribution in [0.5, 0.6) is 0 Å². The molecule has 0 nitrogen and oxygen atoms in total. The molecule has 0 saturated carbocycles. The number of aryl methyl sites for hydroxylation is 2. The number of alkyl halides is 3. The van der Waals surface area contributed by atoms with Gasteiger partial charge in [-0.2, -0.15) is 0 Å². The fourth-order valence-electron chi connectivity index (χ4n) is 1.37. The number of hydrogen-bond acceptors (Lipinski definition) is 0. The van der Waals surface area contributed by atoms with Crippen LogP contribution < -0.4 is 0 Å². The number of benzene rings is 1. The van der Waals surface area contributed by atoms with Gasteiger partial charge in [-0.15, -0.1) is 0 Å². The van der Waals surface area contributed by atoms with E-state index in [1.807, 2.05) is 0 Å². The maximum absolute atomic E-state index is 12.5. The Balaban J connectivity index is 3.35. The van der Waals surface area contributed by atoms with Gasteiger partial charge in [0.05, 0.1) is 0 Å². The predicted molar refractivity (Wildman–Crippen MR) is 45.7 cm³/mol. The lowest BCUT2D eigenvalue weighted by atomic mass is 9.98. The van der Waals surface area contributed by atoms with Crippen molar-refractivity contribution in [1.82, 2.24) is 0 Å². The van der Waals surface area contributed by atoms with Gasteiger partial charge in [-0.3, -0.25) is 0 Å². The summed E-state index contributed by atoms with van der Waals surface area (Å²) in [6, 6.07) is 3.26. The molecule has 1 rings (SSSR count). The fourth-order valence-corrected chi connectivity index (χ4v) is 1.37. The van der Waals surface area contributed by atoms with Gasteiger partial charge in [-0.1, -0.05) is 12.1 Å². The van der Waals surface area contributed by atoms with Crippen molar-refractivity contribution < 1.29 is 13.2 Å². The van der Waals surface area contributed by atoms with Crippen LogP contribution in [0.1, 0.15) is 28.7 Å². The molecule has 0 aromatic heterocycles. The standard InChI is InChI=1S/C10H11F3/c1-6-3-4-7(2)9(10(12)13)8(6)5-11/h3-4,10H,5H2,1-2H3. The van der Waals surface area contributed by atoms with E-state index in [0.29, 0.717) is 11.1 Å². The summed E-state index contributed by atoms with van der Waals surface area (Å²) in [5.74, 6) is 0. The molecule has 0 N–H and O–H groups in total. The molecule has 0 atom stereocenters. The zero-order valence-corrected chi connectivity index (χ0v) is 7.57. The van der Waals surface area contributed by atoms with Crippen molar-refractivity contribution in [2.24, 2.45) is 0 Å². The van der Waals surface area contributed by atoms with Gasteiger partial charge in [-0.05, 0) is 30.5 Å². The summed E-state index contributed by atoms with van der Waals surface area (Å²) in [4.78, 5) is 0. The first kappa shape index (κ1) is 10.1. The molecular weight excluding hydrogens is 177 g/mol. The summed E-state index contributed by atoms with van der Waals surface area (Å²) in [5.41, 5.74) is 1.02. The van der Waals surface area contributed by atoms with E-state index >= 15 is 0 Å². The summed E-state index contributed by atoms with van der Waals surface area (Å²) in [7, 11) is 0. The summed E-state index contributed by atoms with van der Waals surface area (Å²) in [6.45, 7) is 2.38. The van der Waals surface area contributed by atoms with E-state index in [2.05, 4.69) is 0 Å². The normalized spacial score (nSPS) is 10.9. The van der Waals surface area contributed by atoms with Gasteiger partial charge in [0.25, 0.3) is 6.43 Å². The van der Waals surface area contributed by atoms with Crippen LogP contribution in [-0.2, 0) is 6.67 Å². The van der Waals surface area contributed by atoms with Gasteiger partial charge in [0.1, 0.15) is 6.67 Å². The molecule has 0 unspecified atom stereocenters. The average molecular weight is 188 g/mol. The molecule has 0 aliphatic rings. The van der Waals surface area contributed by atoms with Crippen molar-refractivity contribution >= 4 is 0 Å². The lowest BCUT2D eigenvalue weighted by Gasteiger charge is -2.11. The molecule has 0 saturated heterocycles. The number of hydrogen-bond donors (Lipinski definition) is 0. The Hall–Kier alpha value is -0.990. The Labute approximate surface area is 75.4 Å². The first-order chi connectivity index (χ1) is 6.07. The molecule has 72 valence electrons. The minimum absolute atomic E-state index is 0.134. The van der Waals surface area contributed by atoms with E-state index in [1.54, 1.807) is 26.0 Å². The van der Waals surface area contributed by atoms with Crippen molar-refractivity contribution in [1.29, 1.82) is 0 Å². The zero-order valence-electron chi connectivity index (χ0n) is 7.57. The zero-order chi connectivity index (χ0) is 10.0. The van der Waals surface area contributed by atoms with Crippen LogP contribution in [0, 0.1) is 13.8 Å². The lowest BCUT2D eigenvalue weighted by molar-refractivity contribution is 0.148. The van der Waals surface area contributed by atoms with Crippen LogP contribution in [0.4, 0.5) is 13.2 Å². The van der Waals surface area contributed by atoms with Crippen LogP contribution >= 0.6 is 0 Å². The summed E-state index contributed by atoms with van der Waals surface area (Å²) >= 11 is 0. The molecule has 0 bridgehead atoms. The van der Waals surface area contributed by atoms with Gasteiger partial charge in [0, 0.05) is 5.56 Å². The summed E-state index contributed by atoms with van der Waals surface area (Å²) < 4.78 is 37.4. The monoisotopic (exact) mass is 188 g/mol. The molecule has 1 aromatic carbocycles. The Morgan fingerprint density at radius 3 is 2.08 bits per heavy atom. The van der Waals surface area contributed by atoms with Crippen molar-refractivity contribution in [3.63, 3.8) is 0 Å². The molecule has 0 spiro atoms. The molecule has 13 heavy (non-hydrogen) atoms. The number of halogens is 3. The molecule has 0 fully saturated rings. The lowest BCUT2D eigenvalue weighted by Crippen LogP contribution is -1.99. The Morgan fingerprint density at radius 2 is 1.69 bits per heavy atom. The molecule has 0 amide bonds. The minimum Gasteiger partial charge on any atom is -0.246 e. The smallest absolute Gasteiger partial charge is 0.246 e. The maximum Gasteiger partial charge on any atom is 0.264 e. The summed E-state index contributed by atoms with van der Waals surface area (Å²) in [6.07, 6.45) is -2.59. The van der Waals surface area contributed by atoms with Crippen molar-refractivity contribution in [3.05, 3.63) is 34.4 Å². The van der Waals surface area contributed by atoms with Gasteiger partial charge < -0.3 is 0 Å². The highest BCUT2D eigenvalue weighted by Crippen LogP contribution is 2.29. The fraction of sp³-hybridized carbons (Fsp3) is 0.400. The third-order valence-corrected chi connectivity index (χ3v) is 2.16. The van der Waals surface area contributed by atoms with Crippen molar-refractivity contribution in [3.8, 4) is 0 Å². The van der Waals surface area contributed by atoms with Crippen molar-refractivity contribution in [2.45, 2.75) is 26.9 Å². The van der Waals surface area contributed by atoms with Crippen LogP contribution in [0.2, 0.25) is 0 Å². The Bertz CT molecular complexity index is 305. The van der Waals surface area contributed by atoms with Gasteiger partial charge in [-0.25, -0.2) is 13.2 Å². The second-order valence-corrected chi connectivity index (χ2v) is 3.03.